The van der Waals surface area contributed by atoms with Gasteiger partial charge in [-0.25, -0.2) is 0 Å². The van der Waals surface area contributed by atoms with E-state index in [1.807, 2.05) is 12.1 Å². The molecule has 1 aromatic carbocycles. The quantitative estimate of drug-likeness (QED) is 0.870. The molecule has 2 heterocycles. The third-order valence-electron chi connectivity index (χ3n) is 3.80. The Morgan fingerprint density at radius 2 is 2.00 bits per heavy atom. The smallest absolute Gasteiger partial charge is 0.249 e. The van der Waals surface area contributed by atoms with Crippen LogP contribution in [0.15, 0.2) is 54.9 Å². The van der Waals surface area contributed by atoms with E-state index < -0.39 is 6.04 Å². The molecule has 1 fully saturated rings. The number of amides is 2. The van der Waals surface area contributed by atoms with Crippen LogP contribution >= 0.6 is 11.6 Å². The van der Waals surface area contributed by atoms with Crippen molar-refractivity contribution in [3.05, 3.63) is 65.5 Å². The van der Waals surface area contributed by atoms with Gasteiger partial charge in [0.05, 0.1) is 10.7 Å². The number of para-hydroxylation sites is 1. The molecule has 1 aromatic heterocycles. The van der Waals surface area contributed by atoms with Crippen LogP contribution in [0.5, 0.6) is 0 Å². The number of pyridine rings is 1. The van der Waals surface area contributed by atoms with Crippen molar-refractivity contribution in [2.75, 3.05) is 11.4 Å². The first kappa shape index (κ1) is 16.2. The third kappa shape index (κ3) is 3.63. The van der Waals surface area contributed by atoms with Crippen LogP contribution in [-0.2, 0) is 9.59 Å². The highest BCUT2D eigenvalue weighted by molar-refractivity contribution is 6.34. The van der Waals surface area contributed by atoms with Gasteiger partial charge in [-0.05, 0) is 42.3 Å². The molecule has 122 valence electrons. The predicted octanol–water partition coefficient (Wildman–Crippen LogP) is 2.67. The third-order valence-corrected chi connectivity index (χ3v) is 4.12. The second-order valence-corrected chi connectivity index (χ2v) is 5.81. The minimum atomic E-state index is -0.532. The lowest BCUT2D eigenvalue weighted by Crippen LogP contribution is -2.40. The molecular formula is C18H16ClN3O2. The normalized spacial score (nSPS) is 17.5. The van der Waals surface area contributed by atoms with Gasteiger partial charge in [0.1, 0.15) is 6.04 Å². The Labute approximate surface area is 145 Å². The number of nitrogens with one attached hydrogen (secondary N) is 1. The molecule has 0 unspecified atom stereocenters. The summed E-state index contributed by atoms with van der Waals surface area (Å²) in [5, 5.41) is 3.27. The minimum absolute atomic E-state index is 0.145. The molecule has 0 saturated carbocycles. The number of hydrogen-bond acceptors (Lipinski definition) is 3. The summed E-state index contributed by atoms with van der Waals surface area (Å²) in [4.78, 5) is 30.0. The molecule has 3 rings (SSSR count). The van der Waals surface area contributed by atoms with Gasteiger partial charge in [0.25, 0.3) is 0 Å². The van der Waals surface area contributed by atoms with Gasteiger partial charge in [0.2, 0.25) is 11.8 Å². The molecule has 2 amide bonds. The van der Waals surface area contributed by atoms with E-state index in [0.717, 1.165) is 5.56 Å². The first-order valence-corrected chi connectivity index (χ1v) is 7.97. The monoisotopic (exact) mass is 341 g/mol. The van der Waals surface area contributed by atoms with E-state index in [4.69, 9.17) is 11.6 Å². The topological polar surface area (TPSA) is 62.3 Å². The number of halogens is 1. The van der Waals surface area contributed by atoms with E-state index in [1.165, 1.54) is 6.08 Å². The summed E-state index contributed by atoms with van der Waals surface area (Å²) in [6, 6.07) is 10.2. The van der Waals surface area contributed by atoms with Gasteiger partial charge >= 0.3 is 0 Å². The zero-order valence-corrected chi connectivity index (χ0v) is 13.6. The van der Waals surface area contributed by atoms with Crippen molar-refractivity contribution in [3.8, 4) is 0 Å². The summed E-state index contributed by atoms with van der Waals surface area (Å²) in [5.41, 5.74) is 1.55. The number of carbonyl (C=O) groups excluding carboxylic acids is 2. The van der Waals surface area contributed by atoms with E-state index in [2.05, 4.69) is 10.3 Å². The van der Waals surface area contributed by atoms with Crippen LogP contribution in [0.3, 0.4) is 0 Å². The standard InChI is InChI=1S/C18H16ClN3O2/c19-14-3-1-2-4-16(14)22-12-9-15(18(22)24)21-17(23)6-5-13-7-10-20-11-8-13/h1-8,10-11,15H,9,12H2,(H,21,23)/b6-5-/t15-/m0/s1. The lowest BCUT2D eigenvalue weighted by molar-refractivity contribution is -0.123. The van der Waals surface area contributed by atoms with Gasteiger partial charge in [0, 0.05) is 25.0 Å². The van der Waals surface area contributed by atoms with Crippen molar-refractivity contribution < 1.29 is 9.59 Å². The highest BCUT2D eigenvalue weighted by Gasteiger charge is 2.33. The largest absolute Gasteiger partial charge is 0.341 e. The zero-order valence-electron chi connectivity index (χ0n) is 12.9. The molecule has 2 aromatic rings. The molecule has 1 N–H and O–H groups in total. The summed E-state index contributed by atoms with van der Waals surface area (Å²) in [5.74, 6) is -0.445. The lowest BCUT2D eigenvalue weighted by Gasteiger charge is -2.18. The molecule has 1 saturated heterocycles. The molecule has 6 heteroatoms. The SMILES string of the molecule is O=C(/C=C\c1ccncc1)N[C@H]1CCN(c2ccccc2Cl)C1=O. The van der Waals surface area contributed by atoms with Gasteiger partial charge < -0.3 is 10.2 Å². The Morgan fingerprint density at radius 1 is 1.25 bits per heavy atom. The second kappa shape index (κ2) is 7.27. The number of anilines is 1. The van der Waals surface area contributed by atoms with Gasteiger partial charge in [0.15, 0.2) is 0 Å². The van der Waals surface area contributed by atoms with Crippen molar-refractivity contribution in [3.63, 3.8) is 0 Å². The van der Waals surface area contributed by atoms with E-state index in [-0.39, 0.29) is 11.8 Å². The second-order valence-electron chi connectivity index (χ2n) is 5.41. The van der Waals surface area contributed by atoms with Crippen LogP contribution in [0.2, 0.25) is 5.02 Å². The summed E-state index contributed by atoms with van der Waals surface area (Å²) in [7, 11) is 0. The number of aromatic nitrogens is 1. The molecule has 5 nitrogen and oxygen atoms in total. The van der Waals surface area contributed by atoms with Crippen molar-refractivity contribution in [1.82, 2.24) is 10.3 Å². The maximum absolute atomic E-state index is 12.5. The molecule has 1 aliphatic rings. The highest BCUT2D eigenvalue weighted by atomic mass is 35.5. The number of carbonyl (C=O) groups is 2. The molecule has 0 radical (unpaired) electrons. The van der Waals surface area contributed by atoms with E-state index in [0.29, 0.717) is 23.7 Å². The van der Waals surface area contributed by atoms with Crippen molar-refractivity contribution >= 4 is 35.2 Å². The fourth-order valence-electron chi connectivity index (χ4n) is 2.59. The Bertz CT molecular complexity index is 777. The van der Waals surface area contributed by atoms with Crippen molar-refractivity contribution in [2.45, 2.75) is 12.5 Å². The van der Waals surface area contributed by atoms with Crippen molar-refractivity contribution in [1.29, 1.82) is 0 Å². The average Bonchev–Trinajstić information content (AvgIpc) is 2.95. The molecule has 1 atom stereocenters. The van der Waals surface area contributed by atoms with Crippen LogP contribution in [0.25, 0.3) is 6.08 Å². The van der Waals surface area contributed by atoms with Crippen molar-refractivity contribution in [2.24, 2.45) is 0 Å². The zero-order chi connectivity index (χ0) is 16.9. The number of nitrogens with zero attached hydrogens (tertiary/aromatic N) is 2. The molecule has 1 aliphatic heterocycles. The first-order chi connectivity index (χ1) is 11.6. The van der Waals surface area contributed by atoms with E-state index in [9.17, 15) is 9.59 Å². The molecule has 0 spiro atoms. The minimum Gasteiger partial charge on any atom is -0.341 e. The number of benzene rings is 1. The summed E-state index contributed by atoms with van der Waals surface area (Å²) in [6.07, 6.45) is 6.96. The Kier molecular flexibility index (Phi) is 4.91. The average molecular weight is 342 g/mol. The predicted molar refractivity (Wildman–Crippen MR) is 93.6 cm³/mol. The first-order valence-electron chi connectivity index (χ1n) is 7.59. The molecular weight excluding hydrogens is 326 g/mol. The number of hydrogen-bond donors (Lipinski definition) is 1. The molecule has 0 aliphatic carbocycles. The van der Waals surface area contributed by atoms with Crippen LogP contribution in [-0.4, -0.2) is 29.4 Å². The molecule has 24 heavy (non-hydrogen) atoms. The van der Waals surface area contributed by atoms with Crippen LogP contribution in [0, 0.1) is 0 Å². The maximum atomic E-state index is 12.5. The summed E-state index contributed by atoms with van der Waals surface area (Å²) in [6.45, 7) is 0.529. The fraction of sp³-hybridized carbons (Fsp3) is 0.167. The van der Waals surface area contributed by atoms with Gasteiger partial charge in [-0.15, -0.1) is 0 Å². The van der Waals surface area contributed by atoms with E-state index >= 15 is 0 Å². The summed E-state index contributed by atoms with van der Waals surface area (Å²) >= 11 is 6.14. The lowest BCUT2D eigenvalue weighted by atomic mass is 10.2. The fourth-order valence-corrected chi connectivity index (χ4v) is 2.83. The van der Waals surface area contributed by atoms with Crippen LogP contribution < -0.4 is 10.2 Å². The summed E-state index contributed by atoms with van der Waals surface area (Å²) < 4.78 is 0. The van der Waals surface area contributed by atoms with Gasteiger partial charge in [-0.2, -0.15) is 0 Å². The molecule has 0 bridgehead atoms. The highest BCUT2D eigenvalue weighted by Crippen LogP contribution is 2.28. The Morgan fingerprint density at radius 3 is 2.75 bits per heavy atom. The maximum Gasteiger partial charge on any atom is 0.249 e. The Hall–Kier alpha value is -2.66. The van der Waals surface area contributed by atoms with Gasteiger partial charge in [-0.1, -0.05) is 23.7 Å². The Balaban J connectivity index is 1.63. The number of rotatable bonds is 4. The van der Waals surface area contributed by atoms with E-state index in [1.54, 1.807) is 47.6 Å². The van der Waals surface area contributed by atoms with Crippen LogP contribution in [0.4, 0.5) is 5.69 Å². The van der Waals surface area contributed by atoms with Gasteiger partial charge in [-0.3, -0.25) is 14.6 Å². The van der Waals surface area contributed by atoms with Crippen LogP contribution in [0.1, 0.15) is 12.0 Å².